The van der Waals surface area contributed by atoms with E-state index in [2.05, 4.69) is 17.2 Å². The maximum absolute atomic E-state index is 11.9. The van der Waals surface area contributed by atoms with Crippen LogP contribution < -0.4 is 5.32 Å². The van der Waals surface area contributed by atoms with Crippen LogP contribution in [0.4, 0.5) is 0 Å². The SMILES string of the molecule is CC1CCC(C(=O)NCc2ccc(C#CCO)cc2)O1. The van der Waals surface area contributed by atoms with E-state index in [4.69, 9.17) is 9.84 Å². The number of benzene rings is 1. The molecule has 2 rings (SSSR count). The molecule has 0 aromatic heterocycles. The van der Waals surface area contributed by atoms with Gasteiger partial charge in [-0.25, -0.2) is 0 Å². The number of hydrogen-bond acceptors (Lipinski definition) is 3. The van der Waals surface area contributed by atoms with Crippen molar-refractivity contribution in [1.29, 1.82) is 0 Å². The fourth-order valence-corrected chi connectivity index (χ4v) is 2.15. The Balaban J connectivity index is 1.83. The third-order valence-corrected chi connectivity index (χ3v) is 3.26. The van der Waals surface area contributed by atoms with Crippen molar-refractivity contribution in [2.45, 2.75) is 38.5 Å². The molecule has 1 aromatic carbocycles. The molecule has 2 atom stereocenters. The van der Waals surface area contributed by atoms with E-state index < -0.39 is 0 Å². The predicted octanol–water partition coefficient (Wildman–Crippen LogP) is 1.21. The van der Waals surface area contributed by atoms with Crippen molar-refractivity contribution in [3.05, 3.63) is 35.4 Å². The minimum absolute atomic E-state index is 0.0431. The second kappa shape index (κ2) is 7.09. The summed E-state index contributed by atoms with van der Waals surface area (Å²) in [5.74, 6) is 5.38. The van der Waals surface area contributed by atoms with Crippen molar-refractivity contribution in [1.82, 2.24) is 5.32 Å². The van der Waals surface area contributed by atoms with Crippen LogP contribution in [0.1, 0.15) is 30.9 Å². The van der Waals surface area contributed by atoms with Crippen molar-refractivity contribution in [3.8, 4) is 11.8 Å². The van der Waals surface area contributed by atoms with E-state index in [1.54, 1.807) is 0 Å². The fourth-order valence-electron chi connectivity index (χ4n) is 2.15. The summed E-state index contributed by atoms with van der Waals surface area (Å²) in [7, 11) is 0. The number of nitrogens with one attached hydrogen (secondary N) is 1. The number of aliphatic hydroxyl groups excluding tert-OH is 1. The Morgan fingerprint density at radius 1 is 1.40 bits per heavy atom. The van der Waals surface area contributed by atoms with Crippen molar-refractivity contribution in [3.63, 3.8) is 0 Å². The summed E-state index contributed by atoms with van der Waals surface area (Å²) in [6.45, 7) is 2.33. The lowest BCUT2D eigenvalue weighted by molar-refractivity contribution is -0.131. The molecule has 0 spiro atoms. The third kappa shape index (κ3) is 4.09. The lowest BCUT2D eigenvalue weighted by Gasteiger charge is -2.11. The molecule has 1 fully saturated rings. The molecule has 1 amide bonds. The van der Waals surface area contributed by atoms with Crippen molar-refractivity contribution in [2.24, 2.45) is 0 Å². The van der Waals surface area contributed by atoms with Gasteiger partial charge in [-0.3, -0.25) is 4.79 Å². The van der Waals surface area contributed by atoms with E-state index in [1.807, 2.05) is 31.2 Å². The molecule has 0 saturated carbocycles. The molecular weight excluding hydrogens is 254 g/mol. The fraction of sp³-hybridized carbons (Fsp3) is 0.438. The van der Waals surface area contributed by atoms with Crippen LogP contribution >= 0.6 is 0 Å². The second-order valence-corrected chi connectivity index (χ2v) is 4.89. The summed E-state index contributed by atoms with van der Waals surface area (Å²) in [4.78, 5) is 11.9. The van der Waals surface area contributed by atoms with E-state index in [0.717, 1.165) is 24.0 Å². The highest BCUT2D eigenvalue weighted by molar-refractivity contribution is 5.81. The van der Waals surface area contributed by atoms with Crippen LogP contribution in [0.25, 0.3) is 0 Å². The first-order valence-electron chi connectivity index (χ1n) is 6.81. The Bertz CT molecular complexity index is 513. The van der Waals surface area contributed by atoms with E-state index >= 15 is 0 Å². The second-order valence-electron chi connectivity index (χ2n) is 4.89. The zero-order chi connectivity index (χ0) is 14.4. The van der Waals surface area contributed by atoms with Gasteiger partial charge in [0.15, 0.2) is 0 Å². The molecule has 4 nitrogen and oxygen atoms in total. The summed E-state index contributed by atoms with van der Waals surface area (Å²) in [6.07, 6.45) is 1.61. The van der Waals surface area contributed by atoms with Gasteiger partial charge in [0.05, 0.1) is 6.10 Å². The number of hydrogen-bond donors (Lipinski definition) is 2. The maximum atomic E-state index is 11.9. The first kappa shape index (κ1) is 14.6. The molecule has 1 heterocycles. The van der Waals surface area contributed by atoms with Crippen molar-refractivity contribution in [2.75, 3.05) is 6.61 Å². The van der Waals surface area contributed by atoms with Gasteiger partial charge in [-0.2, -0.15) is 0 Å². The summed E-state index contributed by atoms with van der Waals surface area (Å²) in [6, 6.07) is 7.58. The van der Waals surface area contributed by atoms with Gasteiger partial charge in [0, 0.05) is 12.1 Å². The van der Waals surface area contributed by atoms with E-state index in [0.29, 0.717) is 6.54 Å². The topological polar surface area (TPSA) is 58.6 Å². The average Bonchev–Trinajstić information content (AvgIpc) is 2.90. The number of ether oxygens (including phenoxy) is 1. The van der Waals surface area contributed by atoms with E-state index in [-0.39, 0.29) is 24.7 Å². The Kier molecular flexibility index (Phi) is 5.16. The average molecular weight is 273 g/mol. The van der Waals surface area contributed by atoms with Gasteiger partial charge in [0.2, 0.25) is 5.91 Å². The highest BCUT2D eigenvalue weighted by atomic mass is 16.5. The van der Waals surface area contributed by atoms with Crippen LogP contribution in [-0.2, 0) is 16.1 Å². The molecule has 106 valence electrons. The number of amides is 1. The first-order chi connectivity index (χ1) is 9.69. The van der Waals surface area contributed by atoms with Gasteiger partial charge in [-0.15, -0.1) is 0 Å². The minimum atomic E-state index is -0.306. The highest BCUT2D eigenvalue weighted by Crippen LogP contribution is 2.19. The van der Waals surface area contributed by atoms with Crippen LogP contribution in [0.2, 0.25) is 0 Å². The maximum Gasteiger partial charge on any atom is 0.249 e. The van der Waals surface area contributed by atoms with Gasteiger partial charge in [-0.05, 0) is 37.5 Å². The Morgan fingerprint density at radius 2 is 2.15 bits per heavy atom. The third-order valence-electron chi connectivity index (χ3n) is 3.26. The molecule has 0 aliphatic carbocycles. The van der Waals surface area contributed by atoms with Gasteiger partial charge >= 0.3 is 0 Å². The molecule has 1 aliphatic rings. The molecule has 2 N–H and O–H groups in total. The highest BCUT2D eigenvalue weighted by Gasteiger charge is 2.27. The number of aliphatic hydroxyl groups is 1. The molecule has 1 aromatic rings. The van der Waals surface area contributed by atoms with Gasteiger partial charge in [-0.1, -0.05) is 24.0 Å². The van der Waals surface area contributed by atoms with Crippen molar-refractivity contribution >= 4 is 5.91 Å². The molecule has 4 heteroatoms. The van der Waals surface area contributed by atoms with Crippen LogP contribution in [-0.4, -0.2) is 29.8 Å². The molecule has 1 saturated heterocycles. The lowest BCUT2D eigenvalue weighted by atomic mass is 10.1. The van der Waals surface area contributed by atoms with E-state index in [1.165, 1.54) is 0 Å². The van der Waals surface area contributed by atoms with Crippen LogP contribution in [0.15, 0.2) is 24.3 Å². The Labute approximate surface area is 119 Å². The standard InChI is InChI=1S/C16H19NO3/c1-12-4-9-15(20-12)16(19)17-11-14-7-5-13(6-8-14)3-2-10-18/h5-8,12,15,18H,4,9-11H2,1H3,(H,17,19). The number of carbonyl (C=O) groups is 1. The van der Waals surface area contributed by atoms with Gasteiger partial charge in [0.1, 0.15) is 12.7 Å². The quantitative estimate of drug-likeness (QED) is 0.814. The van der Waals surface area contributed by atoms with Gasteiger partial charge < -0.3 is 15.2 Å². The zero-order valence-electron chi connectivity index (χ0n) is 11.6. The minimum Gasteiger partial charge on any atom is -0.384 e. The summed E-state index contributed by atoms with van der Waals surface area (Å²) < 4.78 is 5.52. The summed E-state index contributed by atoms with van der Waals surface area (Å²) >= 11 is 0. The largest absolute Gasteiger partial charge is 0.384 e. The molecule has 0 bridgehead atoms. The Hall–Kier alpha value is -1.83. The van der Waals surface area contributed by atoms with E-state index in [9.17, 15) is 4.79 Å². The van der Waals surface area contributed by atoms with Gasteiger partial charge in [0.25, 0.3) is 0 Å². The lowest BCUT2D eigenvalue weighted by Crippen LogP contribution is -2.34. The van der Waals surface area contributed by atoms with Crippen molar-refractivity contribution < 1.29 is 14.6 Å². The number of carbonyl (C=O) groups excluding carboxylic acids is 1. The van der Waals surface area contributed by atoms with Crippen LogP contribution in [0, 0.1) is 11.8 Å². The monoisotopic (exact) mass is 273 g/mol. The Morgan fingerprint density at radius 3 is 2.75 bits per heavy atom. The first-order valence-corrected chi connectivity index (χ1v) is 6.81. The normalized spacial score (nSPS) is 21.1. The molecule has 20 heavy (non-hydrogen) atoms. The molecule has 1 aliphatic heterocycles. The molecule has 0 radical (unpaired) electrons. The van der Waals surface area contributed by atoms with Crippen LogP contribution in [0.3, 0.4) is 0 Å². The predicted molar refractivity (Wildman–Crippen MR) is 75.8 cm³/mol. The molecule has 2 unspecified atom stereocenters. The number of rotatable bonds is 3. The zero-order valence-corrected chi connectivity index (χ0v) is 11.6. The summed E-state index contributed by atoms with van der Waals surface area (Å²) in [5, 5.41) is 11.5. The summed E-state index contributed by atoms with van der Waals surface area (Å²) in [5.41, 5.74) is 1.86. The molecular formula is C16H19NO3. The smallest absolute Gasteiger partial charge is 0.249 e. The van der Waals surface area contributed by atoms with Crippen LogP contribution in [0.5, 0.6) is 0 Å².